The van der Waals surface area contributed by atoms with E-state index in [1.807, 2.05) is 42.3 Å². The van der Waals surface area contributed by atoms with Crippen molar-refractivity contribution in [2.75, 3.05) is 11.9 Å². The van der Waals surface area contributed by atoms with Gasteiger partial charge >= 0.3 is 0 Å². The van der Waals surface area contributed by atoms with Crippen molar-refractivity contribution >= 4 is 29.0 Å². The summed E-state index contributed by atoms with van der Waals surface area (Å²) >= 11 is 11.8. The van der Waals surface area contributed by atoms with Crippen molar-refractivity contribution < 1.29 is 5.11 Å². The van der Waals surface area contributed by atoms with Crippen molar-refractivity contribution in [2.45, 2.75) is 13.2 Å². The normalized spacial score (nSPS) is 10.5. The highest BCUT2D eigenvalue weighted by Gasteiger charge is 2.07. The molecule has 0 aliphatic carbocycles. The molecular formula is C14H14Cl2N2O. The van der Waals surface area contributed by atoms with Gasteiger partial charge in [0, 0.05) is 18.6 Å². The lowest BCUT2D eigenvalue weighted by molar-refractivity contribution is 0.277. The van der Waals surface area contributed by atoms with Crippen molar-refractivity contribution in [2.24, 2.45) is 0 Å². The summed E-state index contributed by atoms with van der Waals surface area (Å²) in [6, 6.07) is 11.2. The van der Waals surface area contributed by atoms with Crippen molar-refractivity contribution in [1.29, 1.82) is 0 Å². The molecule has 0 atom stereocenters. The minimum absolute atomic E-state index is 0.165. The van der Waals surface area contributed by atoms with Crippen LogP contribution in [0.15, 0.2) is 36.4 Å². The second-order valence-electron chi connectivity index (χ2n) is 4.24. The van der Waals surface area contributed by atoms with Crippen molar-refractivity contribution in [3.05, 3.63) is 57.7 Å². The Balaban J connectivity index is 2.15. The SMILES string of the molecule is CN(Cc1ccc(Cl)cc1)c1ccc(Cl)c(CO)n1. The molecule has 0 aliphatic rings. The molecule has 0 saturated heterocycles. The Morgan fingerprint density at radius 1 is 1.11 bits per heavy atom. The van der Waals surface area contributed by atoms with Gasteiger partial charge in [-0.05, 0) is 29.8 Å². The van der Waals surface area contributed by atoms with E-state index in [0.717, 1.165) is 16.4 Å². The molecule has 2 rings (SSSR count). The molecule has 0 radical (unpaired) electrons. The third kappa shape index (κ3) is 3.60. The molecule has 2 aromatic rings. The molecule has 5 heteroatoms. The maximum Gasteiger partial charge on any atom is 0.129 e. The quantitative estimate of drug-likeness (QED) is 0.938. The van der Waals surface area contributed by atoms with E-state index in [4.69, 9.17) is 28.3 Å². The Labute approximate surface area is 122 Å². The van der Waals surface area contributed by atoms with Gasteiger partial charge in [-0.15, -0.1) is 0 Å². The molecular weight excluding hydrogens is 283 g/mol. The molecule has 3 nitrogen and oxygen atoms in total. The number of rotatable bonds is 4. The Hall–Kier alpha value is -1.29. The van der Waals surface area contributed by atoms with E-state index in [-0.39, 0.29) is 6.61 Å². The Morgan fingerprint density at radius 2 is 1.79 bits per heavy atom. The number of halogens is 2. The average molecular weight is 297 g/mol. The fourth-order valence-corrected chi connectivity index (χ4v) is 2.03. The van der Waals surface area contributed by atoms with E-state index in [1.165, 1.54) is 0 Å². The number of aromatic nitrogens is 1. The molecule has 0 fully saturated rings. The Bertz CT molecular complexity index is 558. The topological polar surface area (TPSA) is 36.4 Å². The molecule has 0 bridgehead atoms. The van der Waals surface area contributed by atoms with Gasteiger partial charge in [-0.3, -0.25) is 0 Å². The third-order valence-electron chi connectivity index (χ3n) is 2.78. The first-order valence-corrected chi connectivity index (χ1v) is 6.57. The lowest BCUT2D eigenvalue weighted by atomic mass is 10.2. The molecule has 100 valence electrons. The predicted molar refractivity (Wildman–Crippen MR) is 78.7 cm³/mol. The van der Waals surface area contributed by atoms with Crippen molar-refractivity contribution in [3.63, 3.8) is 0 Å². The molecule has 0 unspecified atom stereocenters. The Kier molecular flexibility index (Phi) is 4.64. The van der Waals surface area contributed by atoms with Gasteiger partial charge in [0.1, 0.15) is 5.82 Å². The minimum Gasteiger partial charge on any atom is -0.390 e. The van der Waals surface area contributed by atoms with Gasteiger partial charge in [0.15, 0.2) is 0 Å². The lowest BCUT2D eigenvalue weighted by Crippen LogP contribution is -2.18. The number of anilines is 1. The summed E-state index contributed by atoms with van der Waals surface area (Å²) in [5, 5.41) is 10.4. The van der Waals surface area contributed by atoms with Crippen LogP contribution in [0.5, 0.6) is 0 Å². The number of hydrogen-bond acceptors (Lipinski definition) is 3. The van der Waals surface area contributed by atoms with Crippen LogP contribution >= 0.6 is 23.2 Å². The number of pyridine rings is 1. The summed E-state index contributed by atoms with van der Waals surface area (Å²) in [5.41, 5.74) is 1.62. The third-order valence-corrected chi connectivity index (χ3v) is 3.37. The van der Waals surface area contributed by atoms with E-state index < -0.39 is 0 Å². The standard InChI is InChI=1S/C14H14Cl2N2O/c1-18(8-10-2-4-11(15)5-3-10)14-7-6-12(16)13(9-19)17-14/h2-7,19H,8-9H2,1H3. The fraction of sp³-hybridized carbons (Fsp3) is 0.214. The molecule has 19 heavy (non-hydrogen) atoms. The van der Waals surface area contributed by atoms with Gasteiger partial charge in [-0.1, -0.05) is 35.3 Å². The molecule has 0 aliphatic heterocycles. The van der Waals surface area contributed by atoms with Gasteiger partial charge in [-0.25, -0.2) is 4.98 Å². The molecule has 1 aromatic carbocycles. The molecule has 0 spiro atoms. The van der Waals surface area contributed by atoms with Crippen molar-refractivity contribution in [3.8, 4) is 0 Å². The zero-order valence-electron chi connectivity index (χ0n) is 10.5. The summed E-state index contributed by atoms with van der Waals surface area (Å²) in [6.07, 6.45) is 0. The smallest absolute Gasteiger partial charge is 0.129 e. The van der Waals surface area contributed by atoms with Gasteiger partial charge in [-0.2, -0.15) is 0 Å². The van der Waals surface area contributed by atoms with Gasteiger partial charge in [0.25, 0.3) is 0 Å². The predicted octanol–water partition coefficient (Wildman–Crippen LogP) is 3.52. The van der Waals surface area contributed by atoms with E-state index in [0.29, 0.717) is 17.3 Å². The largest absolute Gasteiger partial charge is 0.390 e. The Morgan fingerprint density at radius 3 is 2.42 bits per heavy atom. The lowest BCUT2D eigenvalue weighted by Gasteiger charge is -2.19. The van der Waals surface area contributed by atoms with Crippen LogP contribution in [0.3, 0.4) is 0 Å². The van der Waals surface area contributed by atoms with Crippen LogP contribution in [0.2, 0.25) is 10.0 Å². The monoisotopic (exact) mass is 296 g/mol. The number of nitrogens with zero attached hydrogens (tertiary/aromatic N) is 2. The number of benzene rings is 1. The second-order valence-corrected chi connectivity index (χ2v) is 5.08. The maximum atomic E-state index is 9.16. The highest BCUT2D eigenvalue weighted by atomic mass is 35.5. The summed E-state index contributed by atoms with van der Waals surface area (Å²) < 4.78 is 0. The highest BCUT2D eigenvalue weighted by molar-refractivity contribution is 6.31. The fourth-order valence-electron chi connectivity index (χ4n) is 1.74. The molecule has 1 N–H and O–H groups in total. The summed E-state index contributed by atoms with van der Waals surface area (Å²) in [4.78, 5) is 6.31. The van der Waals surface area contributed by atoms with E-state index in [9.17, 15) is 0 Å². The second kappa shape index (κ2) is 6.24. The number of aliphatic hydroxyl groups is 1. The number of hydrogen-bond donors (Lipinski definition) is 1. The molecule has 0 amide bonds. The first-order valence-electron chi connectivity index (χ1n) is 5.82. The first kappa shape index (κ1) is 14.1. The van der Waals surface area contributed by atoms with E-state index in [2.05, 4.69) is 4.98 Å². The van der Waals surface area contributed by atoms with Crippen LogP contribution in [-0.2, 0) is 13.2 Å². The van der Waals surface area contributed by atoms with Crippen molar-refractivity contribution in [1.82, 2.24) is 4.98 Å². The molecule has 0 saturated carbocycles. The zero-order valence-corrected chi connectivity index (χ0v) is 12.0. The van der Waals surface area contributed by atoms with Crippen LogP contribution in [0.4, 0.5) is 5.82 Å². The van der Waals surface area contributed by atoms with Crippen LogP contribution in [0, 0.1) is 0 Å². The number of aliphatic hydroxyl groups excluding tert-OH is 1. The summed E-state index contributed by atoms with van der Waals surface area (Å²) in [5.74, 6) is 0.767. The average Bonchev–Trinajstić information content (AvgIpc) is 2.42. The maximum absolute atomic E-state index is 9.16. The molecule has 1 aromatic heterocycles. The van der Waals surface area contributed by atoms with Crippen LogP contribution in [-0.4, -0.2) is 17.1 Å². The van der Waals surface area contributed by atoms with Crippen LogP contribution in [0.25, 0.3) is 0 Å². The van der Waals surface area contributed by atoms with Crippen LogP contribution < -0.4 is 4.90 Å². The molecule has 1 heterocycles. The van der Waals surface area contributed by atoms with Gasteiger partial charge in [0.05, 0.1) is 17.3 Å². The van der Waals surface area contributed by atoms with Gasteiger partial charge in [0.2, 0.25) is 0 Å². The summed E-state index contributed by atoms with van der Waals surface area (Å²) in [6.45, 7) is 0.540. The highest BCUT2D eigenvalue weighted by Crippen LogP contribution is 2.20. The zero-order chi connectivity index (χ0) is 13.8. The van der Waals surface area contributed by atoms with E-state index in [1.54, 1.807) is 6.07 Å². The summed E-state index contributed by atoms with van der Waals surface area (Å²) in [7, 11) is 1.94. The first-order chi connectivity index (χ1) is 9.10. The minimum atomic E-state index is -0.165. The van der Waals surface area contributed by atoms with Crippen LogP contribution in [0.1, 0.15) is 11.3 Å². The van der Waals surface area contributed by atoms with Gasteiger partial charge < -0.3 is 10.0 Å². The van der Waals surface area contributed by atoms with E-state index >= 15 is 0 Å².